The molecule has 1 N–H and O–H groups in total. The van der Waals surface area contributed by atoms with Crippen LogP contribution in [0.2, 0.25) is 0 Å². The van der Waals surface area contributed by atoms with Crippen molar-refractivity contribution in [2.45, 2.75) is 45.8 Å². The van der Waals surface area contributed by atoms with Crippen LogP contribution in [-0.2, 0) is 11.2 Å². The number of nitro groups is 1. The number of aryl methyl sites for hydroxylation is 1. The first-order chi connectivity index (χ1) is 14.2. The van der Waals surface area contributed by atoms with Gasteiger partial charge in [0.25, 0.3) is 11.6 Å². The van der Waals surface area contributed by atoms with Gasteiger partial charge in [0.2, 0.25) is 0 Å². The molecule has 0 heterocycles. The molecule has 0 saturated carbocycles. The maximum atomic E-state index is 12.5. The van der Waals surface area contributed by atoms with Crippen LogP contribution in [-0.4, -0.2) is 36.1 Å². The lowest BCUT2D eigenvalue weighted by molar-refractivity contribution is -0.384. The fourth-order valence-corrected chi connectivity index (χ4v) is 2.85. The van der Waals surface area contributed by atoms with E-state index in [1.54, 1.807) is 0 Å². The maximum absolute atomic E-state index is 12.5. The fraction of sp³-hybridized carbons (Fsp3) is 0.364. The fourth-order valence-electron chi connectivity index (χ4n) is 2.85. The first-order valence-electron chi connectivity index (χ1n) is 9.64. The summed E-state index contributed by atoms with van der Waals surface area (Å²) in [6.07, 6.45) is 1.53. The minimum Gasteiger partial charge on any atom is -0.491 e. The number of hydrogen-bond acceptors (Lipinski definition) is 6. The summed E-state index contributed by atoms with van der Waals surface area (Å²) in [6, 6.07) is 11.1. The topological polar surface area (TPSA) is 108 Å². The van der Waals surface area contributed by atoms with Crippen molar-refractivity contribution in [3.8, 4) is 5.75 Å². The molecule has 30 heavy (non-hydrogen) atoms. The third-order valence-electron chi connectivity index (χ3n) is 4.35. The molecular formula is C22H26N2O6. The highest BCUT2D eigenvalue weighted by atomic mass is 16.6. The zero-order chi connectivity index (χ0) is 22.3. The Hall–Kier alpha value is -3.42. The molecule has 0 aliphatic rings. The molecule has 1 amide bonds. The largest absolute Gasteiger partial charge is 0.491 e. The number of methoxy groups -OCH3 is 1. The molecule has 0 radical (unpaired) electrons. The zero-order valence-electron chi connectivity index (χ0n) is 17.5. The van der Waals surface area contributed by atoms with Gasteiger partial charge in [0.1, 0.15) is 5.75 Å². The summed E-state index contributed by atoms with van der Waals surface area (Å²) in [7, 11) is 1.17. The van der Waals surface area contributed by atoms with Crippen LogP contribution in [0.4, 0.5) is 5.69 Å². The number of amides is 1. The van der Waals surface area contributed by atoms with E-state index >= 15 is 0 Å². The van der Waals surface area contributed by atoms with Crippen molar-refractivity contribution >= 4 is 17.6 Å². The Bertz CT molecular complexity index is 908. The van der Waals surface area contributed by atoms with Crippen molar-refractivity contribution in [1.82, 2.24) is 5.32 Å². The molecule has 0 aliphatic carbocycles. The lowest BCUT2D eigenvalue weighted by atomic mass is 10.0. The Morgan fingerprint density at radius 3 is 2.27 bits per heavy atom. The smallest absolute Gasteiger partial charge is 0.338 e. The van der Waals surface area contributed by atoms with Crippen molar-refractivity contribution in [2.24, 2.45) is 0 Å². The van der Waals surface area contributed by atoms with E-state index in [-0.39, 0.29) is 29.0 Å². The molecule has 0 bridgehead atoms. The van der Waals surface area contributed by atoms with Gasteiger partial charge in [-0.2, -0.15) is 0 Å². The van der Waals surface area contributed by atoms with E-state index in [9.17, 15) is 19.7 Å². The summed E-state index contributed by atoms with van der Waals surface area (Å²) in [6.45, 7) is 5.79. The molecule has 2 aromatic carbocycles. The number of rotatable bonds is 9. The summed E-state index contributed by atoms with van der Waals surface area (Å²) in [5, 5.41) is 13.9. The van der Waals surface area contributed by atoms with Gasteiger partial charge < -0.3 is 14.8 Å². The number of nitrogens with one attached hydrogen (secondary N) is 1. The van der Waals surface area contributed by atoms with Crippen molar-refractivity contribution in [1.29, 1.82) is 0 Å². The number of carbonyl (C=O) groups excluding carboxylic acids is 2. The van der Waals surface area contributed by atoms with Crippen LogP contribution >= 0.6 is 0 Å². The van der Waals surface area contributed by atoms with Crippen LogP contribution in [0, 0.1) is 10.1 Å². The number of non-ortho nitro benzene ring substituents is 1. The Morgan fingerprint density at radius 1 is 1.07 bits per heavy atom. The lowest BCUT2D eigenvalue weighted by Crippen LogP contribution is -2.33. The Labute approximate surface area is 175 Å². The molecule has 2 aromatic rings. The highest BCUT2D eigenvalue weighted by Gasteiger charge is 2.19. The van der Waals surface area contributed by atoms with Crippen molar-refractivity contribution < 1.29 is 24.0 Å². The third-order valence-corrected chi connectivity index (χ3v) is 4.35. The number of hydrogen-bond donors (Lipinski definition) is 1. The molecule has 1 atom stereocenters. The SMILES string of the molecule is COC(=O)c1cc(C(=O)NC(C)CCc2ccc(OC(C)C)cc2)cc([N+](=O)[O-])c1. The van der Waals surface area contributed by atoms with Crippen LogP contribution in [0.3, 0.4) is 0 Å². The third kappa shape index (κ3) is 6.58. The van der Waals surface area contributed by atoms with E-state index in [4.69, 9.17) is 4.74 Å². The summed E-state index contributed by atoms with van der Waals surface area (Å²) >= 11 is 0. The molecule has 8 nitrogen and oxygen atoms in total. The number of benzene rings is 2. The summed E-state index contributed by atoms with van der Waals surface area (Å²) in [4.78, 5) is 34.8. The maximum Gasteiger partial charge on any atom is 0.338 e. The number of carbonyl (C=O) groups is 2. The molecule has 160 valence electrons. The van der Waals surface area contributed by atoms with Gasteiger partial charge in [0, 0.05) is 23.7 Å². The van der Waals surface area contributed by atoms with Gasteiger partial charge in [-0.3, -0.25) is 14.9 Å². The van der Waals surface area contributed by atoms with Gasteiger partial charge in [-0.1, -0.05) is 12.1 Å². The predicted molar refractivity (Wildman–Crippen MR) is 112 cm³/mol. The average molecular weight is 414 g/mol. The van der Waals surface area contributed by atoms with Crippen molar-refractivity contribution in [3.63, 3.8) is 0 Å². The normalized spacial score (nSPS) is 11.6. The first-order valence-corrected chi connectivity index (χ1v) is 9.64. The van der Waals surface area contributed by atoms with Crippen LogP contribution in [0.1, 0.15) is 53.5 Å². The minimum absolute atomic E-state index is 0.0339. The quantitative estimate of drug-likeness (QED) is 0.378. The zero-order valence-corrected chi connectivity index (χ0v) is 17.5. The molecule has 1 unspecified atom stereocenters. The van der Waals surface area contributed by atoms with Crippen molar-refractivity contribution in [3.05, 3.63) is 69.3 Å². The Balaban J connectivity index is 2.00. The van der Waals surface area contributed by atoms with Crippen LogP contribution in [0.25, 0.3) is 0 Å². The summed E-state index contributed by atoms with van der Waals surface area (Å²) in [5.41, 5.74) is 0.745. The van der Waals surface area contributed by atoms with E-state index in [2.05, 4.69) is 10.1 Å². The van der Waals surface area contributed by atoms with Crippen LogP contribution < -0.4 is 10.1 Å². The second-order valence-electron chi connectivity index (χ2n) is 7.24. The molecule has 0 spiro atoms. The van der Waals surface area contributed by atoms with Crippen LogP contribution in [0.15, 0.2) is 42.5 Å². The first kappa shape index (κ1) is 22.9. The Kier molecular flexibility index (Phi) is 7.91. The average Bonchev–Trinajstić information content (AvgIpc) is 2.71. The standard InChI is InChI=1S/C22H26N2O6/c1-14(2)30-20-9-7-16(8-10-20)6-5-15(3)23-21(25)17-11-18(22(26)29-4)13-19(12-17)24(27)28/h7-15H,5-6H2,1-4H3,(H,23,25). The minimum atomic E-state index is -0.745. The number of esters is 1. The summed E-state index contributed by atoms with van der Waals surface area (Å²) < 4.78 is 10.2. The molecule has 0 fully saturated rings. The van der Waals surface area contributed by atoms with Gasteiger partial charge in [0.05, 0.1) is 23.7 Å². The lowest BCUT2D eigenvalue weighted by Gasteiger charge is -2.15. The van der Waals surface area contributed by atoms with Gasteiger partial charge in [-0.25, -0.2) is 4.79 Å². The van der Waals surface area contributed by atoms with Gasteiger partial charge >= 0.3 is 5.97 Å². The van der Waals surface area contributed by atoms with E-state index in [1.807, 2.05) is 45.0 Å². The van der Waals surface area contributed by atoms with E-state index in [0.29, 0.717) is 6.42 Å². The molecular weight excluding hydrogens is 388 g/mol. The van der Waals surface area contributed by atoms with Gasteiger partial charge in [-0.05, 0) is 57.4 Å². The highest BCUT2D eigenvalue weighted by Crippen LogP contribution is 2.19. The Morgan fingerprint density at radius 2 is 1.70 bits per heavy atom. The second kappa shape index (κ2) is 10.4. The number of ether oxygens (including phenoxy) is 2. The second-order valence-corrected chi connectivity index (χ2v) is 7.24. The number of nitro benzene ring substituents is 1. The van der Waals surface area contributed by atoms with Crippen molar-refractivity contribution in [2.75, 3.05) is 7.11 Å². The molecule has 0 aliphatic heterocycles. The predicted octanol–water partition coefficient (Wildman–Crippen LogP) is 3.92. The van der Waals surface area contributed by atoms with Crippen LogP contribution in [0.5, 0.6) is 5.75 Å². The molecule has 0 saturated heterocycles. The molecule has 2 rings (SSSR count). The molecule has 8 heteroatoms. The monoisotopic (exact) mass is 414 g/mol. The highest BCUT2D eigenvalue weighted by molar-refractivity contribution is 5.99. The molecule has 0 aromatic heterocycles. The van der Waals surface area contributed by atoms with E-state index < -0.39 is 16.8 Å². The van der Waals surface area contributed by atoms with Gasteiger partial charge in [0.15, 0.2) is 0 Å². The van der Waals surface area contributed by atoms with E-state index in [0.717, 1.165) is 29.9 Å². The number of nitrogens with zero attached hydrogens (tertiary/aromatic N) is 1. The summed E-state index contributed by atoms with van der Waals surface area (Å²) in [5.74, 6) is -0.426. The van der Waals surface area contributed by atoms with Gasteiger partial charge in [-0.15, -0.1) is 0 Å². The van der Waals surface area contributed by atoms with E-state index in [1.165, 1.54) is 13.2 Å².